The van der Waals surface area contributed by atoms with Crippen LogP contribution in [0.3, 0.4) is 0 Å². The van der Waals surface area contributed by atoms with Gasteiger partial charge in [-0.25, -0.2) is 17.2 Å². The molecule has 0 bridgehead atoms. The molecule has 7 heteroatoms. The predicted molar refractivity (Wildman–Crippen MR) is 78.1 cm³/mol. The van der Waals surface area contributed by atoms with Crippen molar-refractivity contribution in [3.05, 3.63) is 52.9 Å². The second-order valence-electron chi connectivity index (χ2n) is 5.56. The third-order valence-electron chi connectivity index (χ3n) is 4.08. The molecule has 1 unspecified atom stereocenters. The smallest absolute Gasteiger partial charge is 0.157 e. The number of halogens is 2. The maximum atomic E-state index is 13.7. The van der Waals surface area contributed by atoms with Gasteiger partial charge < -0.3 is 0 Å². The molecule has 0 spiro atoms. The molecular weight excluding hydrogens is 310 g/mol. The van der Waals surface area contributed by atoms with Gasteiger partial charge in [-0.2, -0.15) is 5.10 Å². The van der Waals surface area contributed by atoms with E-state index in [1.807, 2.05) is 0 Å². The summed E-state index contributed by atoms with van der Waals surface area (Å²) in [6, 6.07) is 1.97. The number of H-pyrrole nitrogens is 1. The SMILES string of the molecule is O=S(=O)(CCCc1cn[nH]c1)C1CCc2c(F)cc(F)cc21. The highest BCUT2D eigenvalue weighted by atomic mass is 32.2. The standard InChI is InChI=1S/C15H16F2N2O2S/c16-11-6-13-12(14(17)7-11)3-4-15(13)22(20,21)5-1-2-10-8-18-19-9-10/h6-9,15H,1-5H2,(H,18,19). The Kier molecular flexibility index (Phi) is 3.99. The van der Waals surface area contributed by atoms with Crippen molar-refractivity contribution in [2.75, 3.05) is 5.75 Å². The first-order chi connectivity index (χ1) is 10.5. The number of benzene rings is 1. The fourth-order valence-corrected chi connectivity index (χ4v) is 4.92. The lowest BCUT2D eigenvalue weighted by Gasteiger charge is -2.13. The van der Waals surface area contributed by atoms with Gasteiger partial charge in [0.15, 0.2) is 9.84 Å². The summed E-state index contributed by atoms with van der Waals surface area (Å²) in [6.07, 6.45) is 5.11. The van der Waals surface area contributed by atoms with Crippen LogP contribution in [0.4, 0.5) is 8.78 Å². The number of aromatic nitrogens is 2. The Morgan fingerprint density at radius 1 is 1.32 bits per heavy atom. The van der Waals surface area contributed by atoms with Crippen LogP contribution in [-0.4, -0.2) is 24.4 Å². The molecule has 1 aromatic carbocycles. The molecule has 0 fully saturated rings. The number of rotatable bonds is 5. The minimum absolute atomic E-state index is 0.000416. The zero-order chi connectivity index (χ0) is 15.7. The van der Waals surface area contributed by atoms with Crippen molar-refractivity contribution in [1.82, 2.24) is 10.2 Å². The first kappa shape index (κ1) is 15.1. The van der Waals surface area contributed by atoms with E-state index in [0.29, 0.717) is 36.8 Å². The highest BCUT2D eigenvalue weighted by Crippen LogP contribution is 2.39. The molecule has 118 valence electrons. The first-order valence-corrected chi connectivity index (χ1v) is 8.86. The molecule has 1 aliphatic rings. The number of nitrogens with one attached hydrogen (secondary N) is 1. The summed E-state index contributed by atoms with van der Waals surface area (Å²) in [7, 11) is -3.42. The van der Waals surface area contributed by atoms with Crippen LogP contribution < -0.4 is 0 Å². The van der Waals surface area contributed by atoms with Crippen LogP contribution in [0.15, 0.2) is 24.5 Å². The lowest BCUT2D eigenvalue weighted by Crippen LogP contribution is -2.15. The van der Waals surface area contributed by atoms with E-state index >= 15 is 0 Å². The summed E-state index contributed by atoms with van der Waals surface area (Å²) in [5, 5.41) is 5.69. The maximum Gasteiger partial charge on any atom is 0.157 e. The van der Waals surface area contributed by atoms with Gasteiger partial charge in [-0.1, -0.05) is 0 Å². The van der Waals surface area contributed by atoms with Gasteiger partial charge in [-0.15, -0.1) is 0 Å². The zero-order valence-electron chi connectivity index (χ0n) is 11.9. The maximum absolute atomic E-state index is 13.7. The second-order valence-corrected chi connectivity index (χ2v) is 7.86. The number of aromatic amines is 1. The fourth-order valence-electron chi connectivity index (χ4n) is 3.01. The van der Waals surface area contributed by atoms with Crippen molar-refractivity contribution in [1.29, 1.82) is 0 Å². The number of fused-ring (bicyclic) bond motifs is 1. The molecule has 4 nitrogen and oxygen atoms in total. The van der Waals surface area contributed by atoms with Crippen LogP contribution in [0.25, 0.3) is 0 Å². The van der Waals surface area contributed by atoms with E-state index in [1.165, 1.54) is 0 Å². The largest absolute Gasteiger partial charge is 0.285 e. The summed E-state index contributed by atoms with van der Waals surface area (Å²) in [5.41, 5.74) is 1.57. The third-order valence-corrected chi connectivity index (χ3v) is 6.30. The summed E-state index contributed by atoms with van der Waals surface area (Å²) < 4.78 is 52.0. The quantitative estimate of drug-likeness (QED) is 0.919. The lowest BCUT2D eigenvalue weighted by molar-refractivity contribution is 0.573. The number of hydrogen-bond donors (Lipinski definition) is 1. The molecule has 2 aromatic rings. The van der Waals surface area contributed by atoms with Crippen molar-refractivity contribution in [2.45, 2.75) is 30.9 Å². The number of hydrogen-bond acceptors (Lipinski definition) is 3. The van der Waals surface area contributed by atoms with Gasteiger partial charge in [0.2, 0.25) is 0 Å². The Balaban J connectivity index is 1.74. The molecule has 3 rings (SSSR count). The lowest BCUT2D eigenvalue weighted by atomic mass is 10.1. The summed E-state index contributed by atoms with van der Waals surface area (Å²) >= 11 is 0. The van der Waals surface area contributed by atoms with Crippen LogP contribution in [0, 0.1) is 11.6 Å². The first-order valence-electron chi connectivity index (χ1n) is 7.14. The van der Waals surface area contributed by atoms with Gasteiger partial charge in [-0.3, -0.25) is 5.10 Å². The van der Waals surface area contributed by atoms with Gasteiger partial charge in [0.05, 0.1) is 17.2 Å². The van der Waals surface area contributed by atoms with E-state index in [1.54, 1.807) is 12.4 Å². The zero-order valence-corrected chi connectivity index (χ0v) is 12.7. The number of aryl methyl sites for hydroxylation is 1. The molecular formula is C15H16F2N2O2S. The molecule has 1 N–H and O–H groups in total. The van der Waals surface area contributed by atoms with E-state index in [0.717, 1.165) is 17.7 Å². The number of nitrogens with zero attached hydrogens (tertiary/aromatic N) is 1. The molecule has 1 aliphatic carbocycles. The van der Waals surface area contributed by atoms with Gasteiger partial charge in [-0.05, 0) is 48.4 Å². The van der Waals surface area contributed by atoms with Crippen LogP contribution in [-0.2, 0) is 22.7 Å². The molecule has 1 heterocycles. The second kappa shape index (κ2) is 5.79. The minimum atomic E-state index is -3.42. The molecule has 1 atom stereocenters. The van der Waals surface area contributed by atoms with E-state index in [2.05, 4.69) is 10.2 Å². The normalized spacial score (nSPS) is 17.6. The van der Waals surface area contributed by atoms with Gasteiger partial charge in [0.1, 0.15) is 11.6 Å². The minimum Gasteiger partial charge on any atom is -0.285 e. The Labute approximate surface area is 127 Å². The van der Waals surface area contributed by atoms with Crippen LogP contribution in [0.5, 0.6) is 0 Å². The third kappa shape index (κ3) is 2.90. The van der Waals surface area contributed by atoms with Crippen molar-refractivity contribution in [3.8, 4) is 0 Å². The van der Waals surface area contributed by atoms with Crippen molar-refractivity contribution >= 4 is 9.84 Å². The fraction of sp³-hybridized carbons (Fsp3) is 0.400. The van der Waals surface area contributed by atoms with E-state index in [-0.39, 0.29) is 5.75 Å². The molecule has 0 aliphatic heterocycles. The van der Waals surface area contributed by atoms with Crippen LogP contribution in [0.2, 0.25) is 0 Å². The van der Waals surface area contributed by atoms with E-state index in [9.17, 15) is 17.2 Å². The van der Waals surface area contributed by atoms with Crippen LogP contribution >= 0.6 is 0 Å². The molecule has 1 aromatic heterocycles. The van der Waals surface area contributed by atoms with E-state index < -0.39 is 26.7 Å². The number of sulfone groups is 1. The molecule has 0 saturated heterocycles. The highest BCUT2D eigenvalue weighted by Gasteiger charge is 2.35. The topological polar surface area (TPSA) is 62.8 Å². The van der Waals surface area contributed by atoms with Crippen molar-refractivity contribution < 1.29 is 17.2 Å². The van der Waals surface area contributed by atoms with Gasteiger partial charge in [0, 0.05) is 12.3 Å². The Morgan fingerprint density at radius 3 is 2.86 bits per heavy atom. The van der Waals surface area contributed by atoms with Crippen LogP contribution in [0.1, 0.15) is 34.8 Å². The molecule has 22 heavy (non-hydrogen) atoms. The summed E-state index contributed by atoms with van der Waals surface area (Å²) in [6.45, 7) is 0. The Bertz CT molecular complexity index is 773. The van der Waals surface area contributed by atoms with E-state index in [4.69, 9.17) is 0 Å². The highest BCUT2D eigenvalue weighted by molar-refractivity contribution is 7.91. The van der Waals surface area contributed by atoms with Gasteiger partial charge in [0.25, 0.3) is 0 Å². The summed E-state index contributed by atoms with van der Waals surface area (Å²) in [5.74, 6) is -1.37. The molecule has 0 saturated carbocycles. The summed E-state index contributed by atoms with van der Waals surface area (Å²) in [4.78, 5) is 0. The Morgan fingerprint density at radius 2 is 2.14 bits per heavy atom. The molecule has 0 amide bonds. The predicted octanol–water partition coefficient (Wildman–Crippen LogP) is 2.72. The molecule has 0 radical (unpaired) electrons. The monoisotopic (exact) mass is 326 g/mol. The average Bonchev–Trinajstić information content (AvgIpc) is 3.07. The average molecular weight is 326 g/mol. The van der Waals surface area contributed by atoms with Crippen molar-refractivity contribution in [2.24, 2.45) is 0 Å². The Hall–Kier alpha value is -1.76. The van der Waals surface area contributed by atoms with Crippen molar-refractivity contribution in [3.63, 3.8) is 0 Å². The van der Waals surface area contributed by atoms with Gasteiger partial charge >= 0.3 is 0 Å².